The fraction of sp³-hybridized carbons (Fsp3) is 0.828. The van der Waals surface area contributed by atoms with Crippen molar-refractivity contribution in [3.63, 3.8) is 0 Å². The number of rotatable bonds is 7. The van der Waals surface area contributed by atoms with Crippen molar-refractivity contribution in [3.8, 4) is 0 Å². The first-order chi connectivity index (χ1) is 16.1. The molecule has 0 saturated heterocycles. The zero-order chi connectivity index (χ0) is 26.7. The van der Waals surface area contributed by atoms with Crippen LogP contribution in [0.5, 0.6) is 0 Å². The van der Waals surface area contributed by atoms with E-state index >= 15 is 0 Å². The monoisotopic (exact) mass is 504 g/mol. The molecule has 0 unspecified atom stereocenters. The molecule has 0 aromatic heterocycles. The van der Waals surface area contributed by atoms with Gasteiger partial charge in [0.2, 0.25) is 0 Å². The molecule has 198 valence electrons. The highest BCUT2D eigenvalue weighted by molar-refractivity contribution is 6.78. The molecule has 7 atom stereocenters. The van der Waals surface area contributed by atoms with Crippen LogP contribution in [0.4, 0.5) is 0 Å². The zero-order valence-electron chi connectivity index (χ0n) is 23.6. The Morgan fingerprint density at radius 1 is 1.06 bits per heavy atom. The van der Waals surface area contributed by atoms with Crippen molar-refractivity contribution in [1.29, 1.82) is 0 Å². The van der Waals surface area contributed by atoms with E-state index in [0.29, 0.717) is 12.3 Å². The first-order valence-electron chi connectivity index (χ1n) is 13.6. The number of fused-ring (bicyclic) bond motifs is 4. The number of ketones is 1. The Bertz CT molecular complexity index is 853. The number of Topliss-reactive ketones (excluding diaryl/α,β-unsaturated/α-hetero) is 1. The number of carbonyl (C=O) groups excluding carboxylic acids is 3. The van der Waals surface area contributed by atoms with Crippen LogP contribution in [0.1, 0.15) is 81.6 Å². The van der Waals surface area contributed by atoms with Gasteiger partial charge in [0, 0.05) is 5.92 Å². The third-order valence-corrected chi connectivity index (χ3v) is 16.5. The molecule has 2 bridgehead atoms. The Morgan fingerprint density at radius 3 is 2.06 bits per heavy atom. The standard InChI is InChI=1S/C29H48O5Si/c1-12-20-14-21-24-23(28(24,9)10)13-19(8)29(25(21)30,27(32)33-11)15-22(20)26(31)34-35(16(2)3,17(4)5)18(6)7/h12,16-24H,1,13-15H2,2-11H3/t19-,20-,21+,22+,23-,24+,29-/m1/s1. The molecule has 0 aromatic rings. The van der Waals surface area contributed by atoms with Crippen molar-refractivity contribution < 1.29 is 23.5 Å². The summed E-state index contributed by atoms with van der Waals surface area (Å²) in [5, 5.41) is 0. The Balaban J connectivity index is 2.11. The summed E-state index contributed by atoms with van der Waals surface area (Å²) < 4.78 is 11.9. The molecule has 0 aliphatic heterocycles. The highest BCUT2D eigenvalue weighted by Gasteiger charge is 2.71. The molecule has 0 spiro atoms. The van der Waals surface area contributed by atoms with Gasteiger partial charge in [-0.25, -0.2) is 0 Å². The van der Waals surface area contributed by atoms with Crippen LogP contribution in [0.15, 0.2) is 12.7 Å². The maximum Gasteiger partial charge on any atom is 0.319 e. The molecule has 5 nitrogen and oxygen atoms in total. The normalized spacial score (nSPS) is 36.3. The molecule has 35 heavy (non-hydrogen) atoms. The van der Waals surface area contributed by atoms with E-state index in [0.717, 1.165) is 6.42 Å². The third kappa shape index (κ3) is 4.06. The van der Waals surface area contributed by atoms with Crippen LogP contribution in [0, 0.1) is 46.3 Å². The van der Waals surface area contributed by atoms with Gasteiger partial charge < -0.3 is 9.16 Å². The van der Waals surface area contributed by atoms with E-state index in [4.69, 9.17) is 9.16 Å². The SMILES string of the molecule is C=C[C@@H]1C[C@@H]2C(=O)[C@@](C(=O)OC)(C[C@@H]1C(=O)O[Si](C(C)C)(C(C)C)C(C)C)[C@H](C)C[C@@H]1[C@H]2C1(C)C. The molecule has 3 aliphatic rings. The lowest BCUT2D eigenvalue weighted by Gasteiger charge is -2.43. The molecule has 0 aromatic carbocycles. The smallest absolute Gasteiger partial charge is 0.319 e. The Kier molecular flexibility index (Phi) is 7.61. The Hall–Kier alpha value is -1.43. The lowest BCUT2D eigenvalue weighted by molar-refractivity contribution is -0.165. The van der Waals surface area contributed by atoms with Crippen molar-refractivity contribution in [3.05, 3.63) is 12.7 Å². The molecule has 0 amide bonds. The van der Waals surface area contributed by atoms with Crippen LogP contribution >= 0.6 is 0 Å². The number of ether oxygens (including phenoxy) is 1. The second-order valence-corrected chi connectivity index (χ2v) is 18.6. The minimum absolute atomic E-state index is 0.0165. The fourth-order valence-electron chi connectivity index (χ4n) is 8.56. The maximum atomic E-state index is 14.3. The van der Waals surface area contributed by atoms with Crippen LogP contribution in [0.25, 0.3) is 0 Å². The molecule has 0 heterocycles. The summed E-state index contributed by atoms with van der Waals surface area (Å²) in [7, 11) is -1.12. The first-order valence-corrected chi connectivity index (χ1v) is 15.8. The fourth-order valence-corrected chi connectivity index (χ4v) is 13.8. The number of esters is 1. The van der Waals surface area contributed by atoms with Gasteiger partial charge in [0.25, 0.3) is 14.3 Å². The van der Waals surface area contributed by atoms with Crippen LogP contribution in [0.2, 0.25) is 16.6 Å². The average molecular weight is 505 g/mol. The minimum Gasteiger partial charge on any atom is -0.518 e. The van der Waals surface area contributed by atoms with Gasteiger partial charge in [-0.05, 0) is 65.0 Å². The number of carbonyl (C=O) groups is 3. The topological polar surface area (TPSA) is 69.7 Å². The highest BCUT2D eigenvalue weighted by atomic mass is 28.4. The molecule has 3 rings (SSSR count). The van der Waals surface area contributed by atoms with E-state index in [1.54, 1.807) is 0 Å². The molecule has 3 saturated carbocycles. The second-order valence-electron chi connectivity index (χ2n) is 13.2. The highest BCUT2D eigenvalue weighted by Crippen LogP contribution is 2.70. The largest absolute Gasteiger partial charge is 0.518 e. The van der Waals surface area contributed by atoms with E-state index in [2.05, 4.69) is 62.0 Å². The average Bonchev–Trinajstić information content (AvgIpc) is 3.37. The summed E-state index contributed by atoms with van der Waals surface area (Å²) in [5.41, 5.74) is -0.472. The van der Waals surface area contributed by atoms with Gasteiger partial charge in [0.1, 0.15) is 5.41 Å². The Morgan fingerprint density at radius 2 is 1.60 bits per heavy atom. The van der Waals surface area contributed by atoms with E-state index < -0.39 is 25.6 Å². The van der Waals surface area contributed by atoms with Gasteiger partial charge in [-0.2, -0.15) is 0 Å². The van der Waals surface area contributed by atoms with Gasteiger partial charge >= 0.3 is 5.97 Å². The van der Waals surface area contributed by atoms with Crippen molar-refractivity contribution in [2.24, 2.45) is 46.3 Å². The molecular weight excluding hydrogens is 456 g/mol. The predicted octanol–water partition coefficient (Wildman–Crippen LogP) is 6.57. The number of hydrogen-bond donors (Lipinski definition) is 0. The summed E-state index contributed by atoms with van der Waals surface area (Å²) >= 11 is 0. The second kappa shape index (κ2) is 9.46. The van der Waals surface area contributed by atoms with E-state index in [-0.39, 0.29) is 63.9 Å². The summed E-state index contributed by atoms with van der Waals surface area (Å²) in [6.07, 6.45) is 3.35. The van der Waals surface area contributed by atoms with Gasteiger partial charge in [0.15, 0.2) is 5.78 Å². The zero-order valence-corrected chi connectivity index (χ0v) is 24.6. The van der Waals surface area contributed by atoms with Crippen LogP contribution in [0.3, 0.4) is 0 Å². The van der Waals surface area contributed by atoms with Gasteiger partial charge in [-0.15, -0.1) is 6.58 Å². The minimum atomic E-state index is -2.48. The molecule has 6 heteroatoms. The lowest BCUT2D eigenvalue weighted by atomic mass is 9.65. The predicted molar refractivity (Wildman–Crippen MR) is 141 cm³/mol. The van der Waals surface area contributed by atoms with Crippen LogP contribution in [-0.4, -0.2) is 33.1 Å². The van der Waals surface area contributed by atoms with Crippen molar-refractivity contribution in [2.75, 3.05) is 7.11 Å². The van der Waals surface area contributed by atoms with Crippen molar-refractivity contribution in [1.82, 2.24) is 0 Å². The lowest BCUT2D eigenvalue weighted by Crippen LogP contribution is -2.52. The van der Waals surface area contributed by atoms with Crippen LogP contribution < -0.4 is 0 Å². The third-order valence-electron chi connectivity index (χ3n) is 10.5. The molecule has 3 fully saturated rings. The summed E-state index contributed by atoms with van der Waals surface area (Å²) in [6.45, 7) is 23.5. The van der Waals surface area contributed by atoms with Crippen LogP contribution in [-0.2, 0) is 23.5 Å². The number of hydrogen-bond acceptors (Lipinski definition) is 5. The van der Waals surface area contributed by atoms with E-state index in [1.165, 1.54) is 7.11 Å². The number of methoxy groups -OCH3 is 1. The van der Waals surface area contributed by atoms with Crippen molar-refractivity contribution >= 4 is 26.0 Å². The van der Waals surface area contributed by atoms with Gasteiger partial charge in [-0.1, -0.05) is 68.4 Å². The molecule has 0 N–H and O–H groups in total. The van der Waals surface area contributed by atoms with Gasteiger partial charge in [0.05, 0.1) is 13.0 Å². The maximum absolute atomic E-state index is 14.3. The first kappa shape index (κ1) is 28.1. The summed E-state index contributed by atoms with van der Waals surface area (Å²) in [4.78, 5) is 41.8. The Labute approximate surface area is 213 Å². The summed E-state index contributed by atoms with van der Waals surface area (Å²) in [5.74, 6) is -1.35. The molecule has 0 radical (unpaired) electrons. The molecular formula is C29H48O5Si. The van der Waals surface area contributed by atoms with E-state index in [1.807, 2.05) is 13.0 Å². The molecule has 3 aliphatic carbocycles. The quantitative estimate of drug-likeness (QED) is 0.170. The van der Waals surface area contributed by atoms with Crippen molar-refractivity contribution in [2.45, 2.75) is 98.2 Å². The van der Waals surface area contributed by atoms with E-state index in [9.17, 15) is 14.4 Å². The summed E-state index contributed by atoms with van der Waals surface area (Å²) in [6, 6.07) is 0. The van der Waals surface area contributed by atoms with Gasteiger partial charge in [-0.3, -0.25) is 14.4 Å². The number of allylic oxidation sites excluding steroid dienone is 1.